The Bertz CT molecular complexity index is 971. The molecule has 3 heterocycles. The van der Waals surface area contributed by atoms with Crippen LogP contribution in [0.5, 0.6) is 11.5 Å². The van der Waals surface area contributed by atoms with Crippen LogP contribution in [0.25, 0.3) is 0 Å². The van der Waals surface area contributed by atoms with Gasteiger partial charge in [-0.15, -0.1) is 0 Å². The number of nitrogens with zero attached hydrogens (tertiary/aromatic N) is 1. The van der Waals surface area contributed by atoms with Crippen LogP contribution >= 0.6 is 0 Å². The van der Waals surface area contributed by atoms with Crippen LogP contribution in [0.15, 0.2) is 46.1 Å². The molecular formula is C20H19NO6. The van der Waals surface area contributed by atoms with Crippen molar-refractivity contribution in [2.24, 2.45) is 5.92 Å². The normalized spacial score (nSPS) is 18.7. The number of ether oxygens (including phenoxy) is 2. The average Bonchev–Trinajstić information content (AvgIpc) is 3.33. The first-order valence-electron chi connectivity index (χ1n) is 8.65. The summed E-state index contributed by atoms with van der Waals surface area (Å²) in [6.07, 6.45) is 0. The highest BCUT2D eigenvalue weighted by molar-refractivity contribution is 6.16. The lowest BCUT2D eigenvalue weighted by atomic mass is 9.94. The van der Waals surface area contributed by atoms with E-state index in [-0.39, 0.29) is 24.1 Å². The summed E-state index contributed by atoms with van der Waals surface area (Å²) >= 11 is 0. The topological polar surface area (TPSA) is 89.2 Å². The minimum atomic E-state index is -0.846. The van der Waals surface area contributed by atoms with Gasteiger partial charge in [-0.3, -0.25) is 14.5 Å². The highest BCUT2D eigenvalue weighted by Gasteiger charge is 2.46. The van der Waals surface area contributed by atoms with Crippen molar-refractivity contribution in [3.63, 3.8) is 0 Å². The molecule has 0 saturated carbocycles. The van der Waals surface area contributed by atoms with Gasteiger partial charge >= 0.3 is 0 Å². The molecule has 1 atom stereocenters. The van der Waals surface area contributed by atoms with E-state index in [1.165, 1.54) is 4.90 Å². The molecule has 2 aliphatic heterocycles. The Labute approximate surface area is 155 Å². The van der Waals surface area contributed by atoms with Crippen molar-refractivity contribution in [2.45, 2.75) is 26.8 Å². The van der Waals surface area contributed by atoms with Gasteiger partial charge in [0.2, 0.25) is 6.79 Å². The van der Waals surface area contributed by atoms with Gasteiger partial charge < -0.3 is 19.0 Å². The molecule has 4 rings (SSSR count). The second-order valence-corrected chi connectivity index (χ2v) is 6.84. The van der Waals surface area contributed by atoms with Crippen molar-refractivity contribution in [1.82, 2.24) is 0 Å². The molecule has 1 unspecified atom stereocenters. The van der Waals surface area contributed by atoms with Gasteiger partial charge in [-0.1, -0.05) is 13.8 Å². The van der Waals surface area contributed by atoms with Crippen LogP contribution in [0.4, 0.5) is 5.69 Å². The minimum absolute atomic E-state index is 0.0435. The van der Waals surface area contributed by atoms with E-state index in [1.807, 2.05) is 0 Å². The second-order valence-electron chi connectivity index (χ2n) is 6.84. The van der Waals surface area contributed by atoms with Crippen molar-refractivity contribution in [1.29, 1.82) is 0 Å². The molecule has 0 bridgehead atoms. The summed E-state index contributed by atoms with van der Waals surface area (Å²) in [5.74, 6) is 0.234. The predicted octanol–water partition coefficient (Wildman–Crippen LogP) is 3.44. The summed E-state index contributed by atoms with van der Waals surface area (Å²) in [4.78, 5) is 27.0. The number of benzene rings is 1. The number of Topliss-reactive ketones (excluding diaryl/α,β-unsaturated/α-hetero) is 1. The Morgan fingerprint density at radius 3 is 2.59 bits per heavy atom. The monoisotopic (exact) mass is 369 g/mol. The lowest BCUT2D eigenvalue weighted by Gasteiger charge is -2.25. The van der Waals surface area contributed by atoms with E-state index in [0.717, 1.165) is 0 Å². The second kappa shape index (κ2) is 6.19. The molecule has 0 radical (unpaired) electrons. The standard InChI is InChI=1S/C20H19NO6/c1-10(2)18(22)16-17(14-6-4-11(3)27-14)21(20(24)19(16)23)12-5-7-13-15(8-12)26-9-25-13/h4-8,10,17,23H,9H2,1-3H3. The summed E-state index contributed by atoms with van der Waals surface area (Å²) < 4.78 is 16.4. The first-order valence-corrected chi connectivity index (χ1v) is 8.65. The first-order chi connectivity index (χ1) is 12.9. The third kappa shape index (κ3) is 2.66. The summed E-state index contributed by atoms with van der Waals surface area (Å²) in [6, 6.07) is 7.64. The van der Waals surface area contributed by atoms with Crippen molar-refractivity contribution < 1.29 is 28.6 Å². The molecule has 2 aromatic rings. The number of hydrogen-bond acceptors (Lipinski definition) is 6. The molecule has 0 saturated heterocycles. The van der Waals surface area contributed by atoms with Gasteiger partial charge in [0, 0.05) is 17.7 Å². The maximum absolute atomic E-state index is 12.9. The molecule has 140 valence electrons. The van der Waals surface area contributed by atoms with Gasteiger partial charge in [-0.25, -0.2) is 0 Å². The van der Waals surface area contributed by atoms with Crippen LogP contribution in [0.2, 0.25) is 0 Å². The Hall–Kier alpha value is -3.22. The van der Waals surface area contributed by atoms with Crippen LogP contribution < -0.4 is 14.4 Å². The van der Waals surface area contributed by atoms with E-state index < -0.39 is 17.7 Å². The number of anilines is 1. The van der Waals surface area contributed by atoms with E-state index in [1.54, 1.807) is 51.1 Å². The van der Waals surface area contributed by atoms with Crippen molar-refractivity contribution in [2.75, 3.05) is 11.7 Å². The van der Waals surface area contributed by atoms with Crippen molar-refractivity contribution >= 4 is 17.4 Å². The Balaban J connectivity index is 1.85. The molecule has 0 spiro atoms. The number of aliphatic hydroxyl groups excluding tert-OH is 1. The third-order valence-corrected chi connectivity index (χ3v) is 4.66. The number of carbonyl (C=O) groups excluding carboxylic acids is 2. The number of aryl methyl sites for hydroxylation is 1. The van der Waals surface area contributed by atoms with Gasteiger partial charge in [0.25, 0.3) is 5.91 Å². The Morgan fingerprint density at radius 2 is 1.93 bits per heavy atom. The Kier molecular flexibility index (Phi) is 3.95. The number of aliphatic hydroxyl groups is 1. The zero-order chi connectivity index (χ0) is 19.3. The highest BCUT2D eigenvalue weighted by Crippen LogP contribution is 2.44. The molecular weight excluding hydrogens is 350 g/mol. The van der Waals surface area contributed by atoms with E-state index in [9.17, 15) is 14.7 Å². The lowest BCUT2D eigenvalue weighted by Crippen LogP contribution is -2.31. The van der Waals surface area contributed by atoms with Crippen molar-refractivity contribution in [3.8, 4) is 11.5 Å². The van der Waals surface area contributed by atoms with Gasteiger partial charge in [0.05, 0.1) is 5.57 Å². The zero-order valence-electron chi connectivity index (χ0n) is 15.2. The number of ketones is 1. The first kappa shape index (κ1) is 17.2. The summed E-state index contributed by atoms with van der Waals surface area (Å²) in [5, 5.41) is 10.5. The van der Waals surface area contributed by atoms with Crippen molar-refractivity contribution in [3.05, 3.63) is 53.2 Å². The van der Waals surface area contributed by atoms with Crippen LogP contribution in [-0.2, 0) is 9.59 Å². The van der Waals surface area contributed by atoms with E-state index in [4.69, 9.17) is 13.9 Å². The highest BCUT2D eigenvalue weighted by atomic mass is 16.7. The number of amides is 1. The smallest absolute Gasteiger partial charge is 0.294 e. The van der Waals surface area contributed by atoms with E-state index in [2.05, 4.69) is 0 Å². The quantitative estimate of drug-likeness (QED) is 0.888. The largest absolute Gasteiger partial charge is 0.503 e. The molecule has 1 N–H and O–H groups in total. The van der Waals surface area contributed by atoms with Crippen LogP contribution in [0.1, 0.15) is 31.4 Å². The predicted molar refractivity (Wildman–Crippen MR) is 95.7 cm³/mol. The summed E-state index contributed by atoms with van der Waals surface area (Å²) in [7, 11) is 0. The average molecular weight is 369 g/mol. The number of hydrogen-bond donors (Lipinski definition) is 1. The molecule has 7 nitrogen and oxygen atoms in total. The molecule has 1 aromatic heterocycles. The van der Waals surface area contributed by atoms with Gasteiger partial charge in [-0.05, 0) is 31.2 Å². The van der Waals surface area contributed by atoms with Crippen LogP contribution in [0.3, 0.4) is 0 Å². The molecule has 2 aliphatic rings. The minimum Gasteiger partial charge on any atom is -0.503 e. The zero-order valence-corrected chi connectivity index (χ0v) is 15.2. The summed E-state index contributed by atoms with van der Waals surface area (Å²) in [5.41, 5.74) is 0.517. The van der Waals surface area contributed by atoms with Gasteiger partial charge in [-0.2, -0.15) is 0 Å². The van der Waals surface area contributed by atoms with Gasteiger partial charge in [0.1, 0.15) is 17.6 Å². The number of carbonyl (C=O) groups is 2. The Morgan fingerprint density at radius 1 is 1.19 bits per heavy atom. The van der Waals surface area contributed by atoms with E-state index in [0.29, 0.717) is 28.7 Å². The fourth-order valence-corrected chi connectivity index (χ4v) is 3.34. The maximum Gasteiger partial charge on any atom is 0.294 e. The fraction of sp³-hybridized carbons (Fsp3) is 0.300. The van der Waals surface area contributed by atoms with E-state index >= 15 is 0 Å². The van der Waals surface area contributed by atoms with Gasteiger partial charge in [0.15, 0.2) is 23.0 Å². The molecule has 7 heteroatoms. The third-order valence-electron chi connectivity index (χ3n) is 4.66. The van der Waals surface area contributed by atoms with Crippen LogP contribution in [0, 0.1) is 12.8 Å². The molecule has 0 fully saturated rings. The fourth-order valence-electron chi connectivity index (χ4n) is 3.34. The number of fused-ring (bicyclic) bond motifs is 1. The molecule has 0 aliphatic carbocycles. The number of rotatable bonds is 4. The van der Waals surface area contributed by atoms with Crippen LogP contribution in [-0.4, -0.2) is 23.6 Å². The molecule has 27 heavy (non-hydrogen) atoms. The molecule has 1 amide bonds. The maximum atomic E-state index is 12.9. The number of furan rings is 1. The summed E-state index contributed by atoms with van der Waals surface area (Å²) in [6.45, 7) is 5.33. The SMILES string of the molecule is Cc1ccc(C2C(C(=O)C(C)C)=C(O)C(=O)N2c2ccc3c(c2)OCO3)o1. The lowest BCUT2D eigenvalue weighted by molar-refractivity contribution is -0.119. The molecule has 1 aromatic carbocycles.